The van der Waals surface area contributed by atoms with Gasteiger partial charge in [-0.15, -0.1) is 17.0 Å². The summed E-state index contributed by atoms with van der Waals surface area (Å²) in [5, 5.41) is -0.621. The van der Waals surface area contributed by atoms with Crippen LogP contribution in [0.2, 0.25) is 0 Å². The molecule has 0 N–H and O–H groups in total. The van der Waals surface area contributed by atoms with E-state index in [1.807, 2.05) is 0 Å². The Morgan fingerprint density at radius 2 is 1.50 bits per heavy atom. The molecular weight excluding hydrogens is 286 g/mol. The molecule has 0 atom stereocenters. The van der Waals surface area contributed by atoms with E-state index in [1.54, 1.807) is 18.2 Å². The molecule has 66 valence electrons. The number of hydrogen-bond donors (Lipinski definition) is 0. The summed E-state index contributed by atoms with van der Waals surface area (Å²) < 4.78 is 35.9. The van der Waals surface area contributed by atoms with Crippen LogP contribution in [0.15, 0.2) is 30.3 Å². The Labute approximate surface area is 84.1 Å². The third-order valence-electron chi connectivity index (χ3n) is 1.41. The molecule has 0 fully saturated rings. The summed E-state index contributed by atoms with van der Waals surface area (Å²) in [4.78, 5) is 0. The van der Waals surface area contributed by atoms with Crippen LogP contribution < -0.4 is 0 Å². The minimum absolute atomic E-state index is 0. The summed E-state index contributed by atoms with van der Waals surface area (Å²) in [6, 6.07) is 8.03. The summed E-state index contributed by atoms with van der Waals surface area (Å²) in [5.41, 5.74) is 0.403. The van der Waals surface area contributed by atoms with Gasteiger partial charge in [0.2, 0.25) is 0 Å². The van der Waals surface area contributed by atoms with E-state index in [9.17, 15) is 9.95 Å². The van der Waals surface area contributed by atoms with E-state index in [0.29, 0.717) is 5.56 Å². The van der Waals surface area contributed by atoms with E-state index in [4.69, 9.17) is 0 Å². The molecule has 0 bridgehead atoms. The number of rotatable bonds is 2. The van der Waals surface area contributed by atoms with Gasteiger partial charge in [-0.25, -0.2) is 0 Å². The summed E-state index contributed by atoms with van der Waals surface area (Å²) in [5.74, 6) is 0. The molecule has 0 saturated heterocycles. The Bertz CT molecular complexity index is 222. The maximum absolute atomic E-state index is 12.0. The van der Waals surface area contributed by atoms with Crippen molar-refractivity contribution < 1.29 is 26.2 Å². The Morgan fingerprint density at radius 3 is 1.92 bits per heavy atom. The molecule has 0 spiro atoms. The number of benzene rings is 1. The van der Waals surface area contributed by atoms with Gasteiger partial charge in [-0.1, -0.05) is 0 Å². The van der Waals surface area contributed by atoms with Crippen LogP contribution >= 0.6 is 17.0 Å². The van der Waals surface area contributed by atoms with Crippen molar-refractivity contribution in [2.24, 2.45) is 0 Å². The molecule has 0 aromatic heterocycles. The van der Waals surface area contributed by atoms with E-state index in [-0.39, 0.29) is 17.0 Å². The number of hydrogen-bond acceptors (Lipinski definition) is 0. The van der Waals surface area contributed by atoms with Gasteiger partial charge in [-0.05, 0) is 0 Å². The first kappa shape index (κ1) is 12.1. The summed E-state index contributed by atoms with van der Waals surface area (Å²) in [7, 11) is 0. The molecular formula is C7H8BrF3Zn. The van der Waals surface area contributed by atoms with Crippen LogP contribution in [-0.2, 0) is 21.3 Å². The molecule has 0 aliphatic carbocycles. The molecule has 1 rings (SSSR count). The van der Waals surface area contributed by atoms with Crippen LogP contribution in [0.5, 0.6) is 0 Å². The fourth-order valence-electron chi connectivity index (χ4n) is 0.972. The Balaban J connectivity index is 0.00000121. The van der Waals surface area contributed by atoms with Gasteiger partial charge in [0, 0.05) is 0 Å². The molecule has 0 aliphatic heterocycles. The van der Waals surface area contributed by atoms with Crippen LogP contribution in [0.25, 0.3) is 0 Å². The monoisotopic (exact) mass is 292 g/mol. The first-order valence-corrected chi connectivity index (χ1v) is 9.03. The zero-order valence-corrected chi connectivity index (χ0v) is 11.0. The van der Waals surface area contributed by atoms with Crippen LogP contribution in [0, 0.1) is 0 Å². The second kappa shape index (κ2) is 4.98. The zero-order valence-electron chi connectivity index (χ0n) is 6.34. The van der Waals surface area contributed by atoms with Crippen molar-refractivity contribution in [2.45, 2.75) is 5.02 Å². The van der Waals surface area contributed by atoms with Crippen molar-refractivity contribution in [1.29, 1.82) is 0 Å². The Morgan fingerprint density at radius 1 is 1.00 bits per heavy atom. The second-order valence-electron chi connectivity index (χ2n) is 2.61. The standard InChI is InChI=1S/C7H7.BrH.3FH.Zn/c1-7-5-3-2-4-6-7;;;;;/h2-6H,1H2;4*1H;/q;;;;;+3/p-3. The summed E-state index contributed by atoms with van der Waals surface area (Å²) in [6.07, 6.45) is 0. The summed E-state index contributed by atoms with van der Waals surface area (Å²) in [6.45, 7) is 0. The molecule has 0 nitrogen and oxygen atoms in total. The average Bonchev–Trinajstić information content (AvgIpc) is 1.85. The average molecular weight is 294 g/mol. The number of halogens is 4. The van der Waals surface area contributed by atoms with Crippen molar-refractivity contribution >= 4 is 17.0 Å². The quantitative estimate of drug-likeness (QED) is 0.732. The Kier molecular flexibility index (Phi) is 5.02. The van der Waals surface area contributed by atoms with Crippen LogP contribution in [-0.4, -0.2) is 0 Å². The van der Waals surface area contributed by atoms with E-state index in [2.05, 4.69) is 0 Å². The molecule has 0 unspecified atom stereocenters. The van der Waals surface area contributed by atoms with Gasteiger partial charge in [0.15, 0.2) is 0 Å². The molecule has 0 radical (unpaired) electrons. The van der Waals surface area contributed by atoms with Gasteiger partial charge < -0.3 is 0 Å². The van der Waals surface area contributed by atoms with Crippen molar-refractivity contribution in [1.82, 2.24) is 0 Å². The zero-order chi connectivity index (χ0) is 8.32. The first-order chi connectivity index (χ1) is 5.08. The van der Waals surface area contributed by atoms with Crippen molar-refractivity contribution in [3.8, 4) is 0 Å². The Hall–Kier alpha value is 0.113. The van der Waals surface area contributed by atoms with Gasteiger partial charge in [-0.3, -0.25) is 0 Å². The fraction of sp³-hybridized carbons (Fsp3) is 0.143. The van der Waals surface area contributed by atoms with Gasteiger partial charge in [0.1, 0.15) is 0 Å². The molecule has 0 amide bonds. The third kappa shape index (κ3) is 4.88. The topological polar surface area (TPSA) is 0 Å². The molecule has 0 heterocycles. The minimum atomic E-state index is -6.15. The van der Waals surface area contributed by atoms with Gasteiger partial charge >= 0.3 is 67.1 Å². The van der Waals surface area contributed by atoms with Crippen molar-refractivity contribution in [3.05, 3.63) is 35.9 Å². The van der Waals surface area contributed by atoms with Crippen LogP contribution in [0.1, 0.15) is 5.56 Å². The van der Waals surface area contributed by atoms with Gasteiger partial charge in [0.05, 0.1) is 0 Å². The van der Waals surface area contributed by atoms with E-state index in [0.717, 1.165) is 0 Å². The summed E-state index contributed by atoms with van der Waals surface area (Å²) >= 11 is -6.15. The van der Waals surface area contributed by atoms with Crippen molar-refractivity contribution in [2.75, 3.05) is 0 Å². The predicted octanol–water partition coefficient (Wildman–Crippen LogP) is 3.57. The molecule has 1 aromatic carbocycles. The van der Waals surface area contributed by atoms with E-state index < -0.39 is 21.3 Å². The first-order valence-electron chi connectivity index (χ1n) is 3.57. The SMILES string of the molecule is Br.[F][Zn]([F])([F])[CH2]c1ccccc1. The van der Waals surface area contributed by atoms with E-state index in [1.165, 1.54) is 12.1 Å². The molecule has 0 aliphatic rings. The second-order valence-corrected chi connectivity index (χ2v) is 7.31. The molecule has 1 aromatic rings. The normalized spacial score (nSPS) is 9.25. The van der Waals surface area contributed by atoms with Crippen LogP contribution in [0.4, 0.5) is 9.95 Å². The van der Waals surface area contributed by atoms with Gasteiger partial charge in [0.25, 0.3) is 0 Å². The van der Waals surface area contributed by atoms with E-state index >= 15 is 0 Å². The molecule has 5 heteroatoms. The maximum atomic E-state index is 12.0. The third-order valence-corrected chi connectivity index (χ3v) is 3.82. The van der Waals surface area contributed by atoms with Crippen LogP contribution in [0.3, 0.4) is 0 Å². The van der Waals surface area contributed by atoms with Gasteiger partial charge in [-0.2, -0.15) is 0 Å². The predicted molar refractivity (Wildman–Crippen MR) is 43.8 cm³/mol. The van der Waals surface area contributed by atoms with Crippen molar-refractivity contribution in [3.63, 3.8) is 0 Å². The molecule has 0 saturated carbocycles. The fourth-order valence-corrected chi connectivity index (χ4v) is 3.04. The molecule has 12 heavy (non-hydrogen) atoms.